The smallest absolute Gasteiger partial charge is 0.161 e. The lowest BCUT2D eigenvalue weighted by Crippen LogP contribution is -2.50. The Labute approximate surface area is 144 Å². The van der Waals surface area contributed by atoms with Gasteiger partial charge in [-0.3, -0.25) is 0 Å². The van der Waals surface area contributed by atoms with Gasteiger partial charge >= 0.3 is 0 Å². The summed E-state index contributed by atoms with van der Waals surface area (Å²) < 4.78 is 18.1. The van der Waals surface area contributed by atoms with E-state index in [1.165, 1.54) is 0 Å². The number of para-hydroxylation sites is 2. The van der Waals surface area contributed by atoms with Gasteiger partial charge < -0.3 is 24.6 Å². The van der Waals surface area contributed by atoms with Crippen molar-refractivity contribution < 1.29 is 19.3 Å². The molecule has 0 amide bonds. The van der Waals surface area contributed by atoms with Crippen LogP contribution in [0.1, 0.15) is 32.6 Å². The van der Waals surface area contributed by atoms with Crippen molar-refractivity contribution in [2.24, 2.45) is 5.41 Å². The van der Waals surface area contributed by atoms with Crippen molar-refractivity contribution >= 4 is 0 Å². The molecule has 2 aliphatic heterocycles. The first-order valence-electron chi connectivity index (χ1n) is 9.09. The molecule has 24 heavy (non-hydrogen) atoms. The molecule has 5 heteroatoms. The molecule has 2 aliphatic rings. The Kier molecular flexibility index (Phi) is 5.98. The fourth-order valence-electron chi connectivity index (χ4n) is 3.90. The van der Waals surface area contributed by atoms with Crippen molar-refractivity contribution in [2.45, 2.75) is 44.8 Å². The lowest BCUT2D eigenvalue weighted by atomic mass is 9.72. The average Bonchev–Trinajstić information content (AvgIpc) is 2.65. The summed E-state index contributed by atoms with van der Waals surface area (Å²) in [5.41, 5.74) is 0.105. The van der Waals surface area contributed by atoms with Gasteiger partial charge in [0.1, 0.15) is 12.7 Å². The highest BCUT2D eigenvalue weighted by Crippen LogP contribution is 2.39. The summed E-state index contributed by atoms with van der Waals surface area (Å²) in [6.07, 6.45) is 4.19. The fraction of sp³-hybridized carbons (Fsp3) is 0.684. The third kappa shape index (κ3) is 3.85. The Balaban J connectivity index is 1.70. The Morgan fingerprint density at radius 1 is 1.38 bits per heavy atom. The number of nitrogens with one attached hydrogen (secondary N) is 1. The number of piperidine rings is 1. The summed E-state index contributed by atoms with van der Waals surface area (Å²) >= 11 is 0. The predicted octanol–water partition coefficient (Wildman–Crippen LogP) is 2.37. The number of hydrogen-bond acceptors (Lipinski definition) is 5. The second kappa shape index (κ2) is 8.19. The number of benzene rings is 1. The highest BCUT2D eigenvalue weighted by molar-refractivity contribution is 5.40. The molecule has 1 fully saturated rings. The monoisotopic (exact) mass is 335 g/mol. The Hall–Kier alpha value is -1.30. The van der Waals surface area contributed by atoms with Gasteiger partial charge in [-0.2, -0.15) is 0 Å². The normalized spacial score (nSPS) is 27.7. The zero-order valence-electron chi connectivity index (χ0n) is 14.5. The lowest BCUT2D eigenvalue weighted by Gasteiger charge is -2.44. The van der Waals surface area contributed by atoms with Gasteiger partial charge in [-0.05, 0) is 37.9 Å². The average molecular weight is 335 g/mol. The van der Waals surface area contributed by atoms with E-state index in [9.17, 15) is 5.11 Å². The minimum Gasteiger partial charge on any atom is -0.486 e. The Morgan fingerprint density at radius 2 is 2.21 bits per heavy atom. The van der Waals surface area contributed by atoms with E-state index < -0.39 is 0 Å². The summed E-state index contributed by atoms with van der Waals surface area (Å²) in [7, 11) is 0. The molecule has 0 saturated carbocycles. The van der Waals surface area contributed by atoms with Crippen LogP contribution in [0.5, 0.6) is 11.5 Å². The van der Waals surface area contributed by atoms with Crippen LogP contribution >= 0.6 is 0 Å². The summed E-state index contributed by atoms with van der Waals surface area (Å²) in [6.45, 7) is 5.23. The van der Waals surface area contributed by atoms with E-state index >= 15 is 0 Å². The van der Waals surface area contributed by atoms with Crippen LogP contribution in [-0.2, 0) is 4.74 Å². The van der Waals surface area contributed by atoms with Gasteiger partial charge in [0.2, 0.25) is 0 Å². The quantitative estimate of drug-likeness (QED) is 0.801. The molecule has 0 spiro atoms. The van der Waals surface area contributed by atoms with E-state index in [0.29, 0.717) is 13.2 Å². The number of fused-ring (bicyclic) bond motifs is 1. The molecule has 3 rings (SSSR count). The van der Waals surface area contributed by atoms with Crippen LogP contribution in [0.25, 0.3) is 0 Å². The van der Waals surface area contributed by atoms with Gasteiger partial charge in [-0.15, -0.1) is 0 Å². The number of aliphatic hydroxyl groups excluding tert-OH is 1. The second-order valence-corrected chi connectivity index (χ2v) is 6.81. The maximum Gasteiger partial charge on any atom is 0.161 e. The highest BCUT2D eigenvalue weighted by atomic mass is 16.6. The fourth-order valence-corrected chi connectivity index (χ4v) is 3.90. The van der Waals surface area contributed by atoms with Gasteiger partial charge in [-0.1, -0.05) is 19.1 Å². The zero-order valence-corrected chi connectivity index (χ0v) is 14.5. The molecule has 134 valence electrons. The van der Waals surface area contributed by atoms with E-state index in [1.807, 2.05) is 24.3 Å². The van der Waals surface area contributed by atoms with Gasteiger partial charge in [0, 0.05) is 18.4 Å². The number of rotatable bonds is 7. The molecule has 2 N–H and O–H groups in total. The van der Waals surface area contributed by atoms with E-state index in [2.05, 4.69) is 12.2 Å². The molecule has 1 aromatic carbocycles. The number of aliphatic hydroxyl groups is 1. The summed E-state index contributed by atoms with van der Waals surface area (Å²) in [5.74, 6) is 1.62. The van der Waals surface area contributed by atoms with Gasteiger partial charge in [0.25, 0.3) is 0 Å². The molecule has 0 radical (unpaired) electrons. The first-order valence-corrected chi connectivity index (χ1v) is 9.09. The van der Waals surface area contributed by atoms with Crippen LogP contribution in [0, 0.1) is 5.41 Å². The molecule has 1 aromatic rings. The van der Waals surface area contributed by atoms with Crippen molar-refractivity contribution in [1.82, 2.24) is 5.32 Å². The largest absolute Gasteiger partial charge is 0.486 e. The molecule has 0 aliphatic carbocycles. The molecule has 2 heterocycles. The van der Waals surface area contributed by atoms with Crippen LogP contribution in [0.4, 0.5) is 0 Å². The van der Waals surface area contributed by atoms with Crippen molar-refractivity contribution in [1.29, 1.82) is 0 Å². The summed E-state index contributed by atoms with van der Waals surface area (Å²) in [5, 5.41) is 12.7. The van der Waals surface area contributed by atoms with Crippen molar-refractivity contribution in [3.63, 3.8) is 0 Å². The van der Waals surface area contributed by atoms with E-state index in [-0.39, 0.29) is 24.2 Å². The molecule has 3 unspecified atom stereocenters. The predicted molar refractivity (Wildman–Crippen MR) is 92.6 cm³/mol. The number of ether oxygens (including phenoxy) is 3. The highest BCUT2D eigenvalue weighted by Gasteiger charge is 2.41. The maximum absolute atomic E-state index is 9.21. The maximum atomic E-state index is 9.21. The molecule has 0 bridgehead atoms. The van der Waals surface area contributed by atoms with Crippen LogP contribution in [0.2, 0.25) is 0 Å². The third-order valence-corrected chi connectivity index (χ3v) is 5.35. The van der Waals surface area contributed by atoms with Crippen LogP contribution in [0.3, 0.4) is 0 Å². The molecule has 1 saturated heterocycles. The summed E-state index contributed by atoms with van der Waals surface area (Å²) in [4.78, 5) is 0. The first kappa shape index (κ1) is 17.5. The van der Waals surface area contributed by atoms with E-state index in [1.54, 1.807) is 0 Å². The molecular formula is C19H29NO4. The first-order chi connectivity index (χ1) is 11.8. The Morgan fingerprint density at radius 3 is 2.92 bits per heavy atom. The second-order valence-electron chi connectivity index (χ2n) is 6.81. The number of hydrogen-bond donors (Lipinski definition) is 2. The van der Waals surface area contributed by atoms with Crippen molar-refractivity contribution in [2.75, 3.05) is 32.9 Å². The SMILES string of the molecule is CCC1(C(CC2COc3ccccc3O2)OCCO)CCCNC1. The lowest BCUT2D eigenvalue weighted by molar-refractivity contribution is -0.0879. The standard InChI is InChI=1S/C19H29NO4/c1-2-19(8-5-9-20-14-19)18(22-11-10-21)12-15-13-23-16-6-3-4-7-17(16)24-15/h3-4,6-7,15,18,20-21H,2,5,8-14H2,1H3. The molecule has 0 aromatic heterocycles. The zero-order chi connectivity index (χ0) is 16.8. The minimum absolute atomic E-state index is 0.0195. The van der Waals surface area contributed by atoms with E-state index in [4.69, 9.17) is 14.2 Å². The van der Waals surface area contributed by atoms with Crippen LogP contribution in [-0.4, -0.2) is 50.2 Å². The molecule has 5 nitrogen and oxygen atoms in total. The van der Waals surface area contributed by atoms with Crippen LogP contribution in [0.15, 0.2) is 24.3 Å². The van der Waals surface area contributed by atoms with Crippen LogP contribution < -0.4 is 14.8 Å². The van der Waals surface area contributed by atoms with Crippen molar-refractivity contribution in [3.05, 3.63) is 24.3 Å². The van der Waals surface area contributed by atoms with Crippen molar-refractivity contribution in [3.8, 4) is 11.5 Å². The topological polar surface area (TPSA) is 60.0 Å². The van der Waals surface area contributed by atoms with E-state index in [0.717, 1.165) is 50.3 Å². The van der Waals surface area contributed by atoms with Gasteiger partial charge in [0.15, 0.2) is 11.5 Å². The minimum atomic E-state index is -0.0195. The van der Waals surface area contributed by atoms with Gasteiger partial charge in [0.05, 0.1) is 19.3 Å². The third-order valence-electron chi connectivity index (χ3n) is 5.35. The van der Waals surface area contributed by atoms with Gasteiger partial charge in [-0.25, -0.2) is 0 Å². The molecule has 3 atom stereocenters. The molecular weight excluding hydrogens is 306 g/mol. The summed E-state index contributed by atoms with van der Waals surface area (Å²) in [6, 6.07) is 7.80. The Bertz CT molecular complexity index is 516.